The summed E-state index contributed by atoms with van der Waals surface area (Å²) >= 11 is 0. The molecule has 2 unspecified atom stereocenters. The molecule has 2 atom stereocenters. The van der Waals surface area contributed by atoms with E-state index in [1.807, 2.05) is 0 Å². The highest BCUT2D eigenvalue weighted by atomic mass is 16.3. The van der Waals surface area contributed by atoms with Crippen molar-refractivity contribution >= 4 is 0 Å². The van der Waals surface area contributed by atoms with Crippen LogP contribution in [0.15, 0.2) is 0 Å². The molecule has 20 heavy (non-hydrogen) atoms. The van der Waals surface area contributed by atoms with Crippen LogP contribution in [0.5, 0.6) is 0 Å². The molecule has 1 fully saturated rings. The van der Waals surface area contributed by atoms with Gasteiger partial charge in [0, 0.05) is 31.0 Å². The van der Waals surface area contributed by atoms with Gasteiger partial charge in [0.05, 0.1) is 6.61 Å². The molecule has 3 rings (SSSR count). The number of rotatable bonds is 4. The largest absolute Gasteiger partial charge is 0.396 e. The number of aromatic nitrogens is 3. The van der Waals surface area contributed by atoms with Crippen molar-refractivity contribution in [3.63, 3.8) is 0 Å². The van der Waals surface area contributed by atoms with Gasteiger partial charge in [-0.25, -0.2) is 0 Å². The Morgan fingerprint density at radius 3 is 2.75 bits per heavy atom. The van der Waals surface area contributed by atoms with Gasteiger partial charge in [-0.1, -0.05) is 0 Å². The highest BCUT2D eigenvalue weighted by molar-refractivity contribution is 5.07. The molecule has 0 aliphatic carbocycles. The lowest BCUT2D eigenvalue weighted by Crippen LogP contribution is -2.37. The normalized spacial score (nSPS) is 27.2. The molecule has 1 saturated heterocycles. The van der Waals surface area contributed by atoms with Gasteiger partial charge in [-0.15, -0.1) is 10.2 Å². The minimum Gasteiger partial charge on any atom is -0.396 e. The van der Waals surface area contributed by atoms with Crippen LogP contribution in [0.3, 0.4) is 0 Å². The van der Waals surface area contributed by atoms with Gasteiger partial charge in [0.1, 0.15) is 11.6 Å². The Kier molecular flexibility index (Phi) is 4.08. The first-order chi connectivity index (χ1) is 9.70. The van der Waals surface area contributed by atoms with Crippen LogP contribution in [0.4, 0.5) is 0 Å². The minimum atomic E-state index is 0.190. The lowest BCUT2D eigenvalue weighted by molar-refractivity contribution is 0.198. The summed E-state index contributed by atoms with van der Waals surface area (Å²) in [5.41, 5.74) is 0. The Morgan fingerprint density at radius 2 is 2.00 bits per heavy atom. The van der Waals surface area contributed by atoms with Gasteiger partial charge in [0.15, 0.2) is 0 Å². The van der Waals surface area contributed by atoms with Crippen LogP contribution < -0.4 is 0 Å². The molecule has 2 aliphatic heterocycles. The molecule has 5 nitrogen and oxygen atoms in total. The van der Waals surface area contributed by atoms with Crippen LogP contribution >= 0.6 is 0 Å². The van der Waals surface area contributed by atoms with E-state index in [4.69, 9.17) is 0 Å². The predicted octanol–water partition coefficient (Wildman–Crippen LogP) is 1.56. The maximum Gasteiger partial charge on any atom is 0.138 e. The average Bonchev–Trinajstić information content (AvgIpc) is 3.06. The van der Waals surface area contributed by atoms with Crippen molar-refractivity contribution in [2.24, 2.45) is 0 Å². The van der Waals surface area contributed by atoms with Crippen LogP contribution in [-0.4, -0.2) is 50.0 Å². The van der Waals surface area contributed by atoms with Gasteiger partial charge in [-0.2, -0.15) is 0 Å². The second kappa shape index (κ2) is 5.82. The molecule has 2 aliphatic rings. The number of aliphatic hydroxyl groups excluding tert-OH is 1. The molecule has 1 aromatic rings. The summed E-state index contributed by atoms with van der Waals surface area (Å²) in [5.74, 6) is 2.31. The van der Waals surface area contributed by atoms with Crippen molar-refractivity contribution in [2.45, 2.75) is 70.5 Å². The maximum absolute atomic E-state index is 9.46. The number of likely N-dealkylation sites (tertiary alicyclic amines) is 1. The van der Waals surface area contributed by atoms with E-state index in [0.29, 0.717) is 12.1 Å². The van der Waals surface area contributed by atoms with Gasteiger partial charge in [-0.3, -0.25) is 4.90 Å². The van der Waals surface area contributed by atoms with E-state index in [2.05, 4.69) is 33.5 Å². The second-order valence-corrected chi connectivity index (χ2v) is 6.48. The zero-order chi connectivity index (χ0) is 14.1. The zero-order valence-electron chi connectivity index (χ0n) is 12.6. The number of fused-ring (bicyclic) bond motifs is 1. The van der Waals surface area contributed by atoms with Gasteiger partial charge in [0.25, 0.3) is 0 Å². The van der Waals surface area contributed by atoms with Crippen LogP contribution in [0.25, 0.3) is 0 Å². The Bertz CT molecular complexity index is 457. The van der Waals surface area contributed by atoms with Gasteiger partial charge >= 0.3 is 0 Å². The molecular weight excluding hydrogens is 252 g/mol. The summed E-state index contributed by atoms with van der Waals surface area (Å²) in [5, 5.41) is 18.2. The van der Waals surface area contributed by atoms with Crippen molar-refractivity contribution < 1.29 is 5.11 Å². The lowest BCUT2D eigenvalue weighted by atomic mass is 9.99. The Morgan fingerprint density at radius 1 is 1.20 bits per heavy atom. The van der Waals surface area contributed by atoms with E-state index in [1.165, 1.54) is 19.4 Å². The number of nitrogens with zero attached hydrogens (tertiary/aromatic N) is 4. The fraction of sp³-hybridized carbons (Fsp3) is 0.867. The van der Waals surface area contributed by atoms with E-state index in [1.54, 1.807) is 0 Å². The molecule has 0 spiro atoms. The summed E-state index contributed by atoms with van der Waals surface area (Å²) in [7, 11) is 0. The van der Waals surface area contributed by atoms with Crippen LogP contribution in [0, 0.1) is 0 Å². The highest BCUT2D eigenvalue weighted by Gasteiger charge is 2.30. The second-order valence-electron chi connectivity index (χ2n) is 6.48. The van der Waals surface area contributed by atoms with Crippen molar-refractivity contribution in [1.82, 2.24) is 19.7 Å². The summed E-state index contributed by atoms with van der Waals surface area (Å²) in [6.45, 7) is 6.98. The first-order valence-corrected chi connectivity index (χ1v) is 7.99. The molecule has 0 radical (unpaired) electrons. The van der Waals surface area contributed by atoms with E-state index in [9.17, 15) is 5.11 Å². The van der Waals surface area contributed by atoms with Crippen LogP contribution in [0.1, 0.15) is 57.1 Å². The maximum atomic E-state index is 9.46. The molecular formula is C15H26N4O. The quantitative estimate of drug-likeness (QED) is 0.908. The summed E-state index contributed by atoms with van der Waals surface area (Å²) in [6.07, 6.45) is 5.73. The SMILES string of the molecule is CC(C)N1CCCC1Cc1nnc2n1CCCC2CO. The lowest BCUT2D eigenvalue weighted by Gasteiger charge is -2.28. The van der Waals surface area contributed by atoms with Crippen LogP contribution in [-0.2, 0) is 13.0 Å². The standard InChI is InChI=1S/C15H26N4O/c1-11(2)18-7-4-6-13(18)9-14-16-17-15-12(10-20)5-3-8-19(14)15/h11-13,20H,3-10H2,1-2H3. The number of aliphatic hydroxyl groups is 1. The summed E-state index contributed by atoms with van der Waals surface area (Å²) < 4.78 is 2.27. The smallest absolute Gasteiger partial charge is 0.138 e. The third kappa shape index (κ3) is 2.49. The fourth-order valence-electron chi connectivity index (χ4n) is 3.81. The fourth-order valence-corrected chi connectivity index (χ4v) is 3.81. The van der Waals surface area contributed by atoms with Crippen molar-refractivity contribution in [2.75, 3.05) is 13.2 Å². The molecule has 0 amide bonds. The summed E-state index contributed by atoms with van der Waals surface area (Å²) in [4.78, 5) is 2.59. The third-order valence-electron chi connectivity index (χ3n) is 4.88. The van der Waals surface area contributed by atoms with E-state index in [0.717, 1.165) is 37.5 Å². The van der Waals surface area contributed by atoms with Gasteiger partial charge in [-0.05, 0) is 46.1 Å². The van der Waals surface area contributed by atoms with E-state index in [-0.39, 0.29) is 12.5 Å². The predicted molar refractivity (Wildman–Crippen MR) is 77.7 cm³/mol. The molecule has 0 aromatic carbocycles. The monoisotopic (exact) mass is 278 g/mol. The number of hydrogen-bond donors (Lipinski definition) is 1. The van der Waals surface area contributed by atoms with E-state index >= 15 is 0 Å². The first-order valence-electron chi connectivity index (χ1n) is 7.99. The molecule has 0 saturated carbocycles. The van der Waals surface area contributed by atoms with Crippen molar-refractivity contribution in [1.29, 1.82) is 0 Å². The molecule has 0 bridgehead atoms. The first kappa shape index (κ1) is 14.0. The third-order valence-corrected chi connectivity index (χ3v) is 4.88. The molecule has 1 N–H and O–H groups in total. The highest BCUT2D eigenvalue weighted by Crippen LogP contribution is 2.28. The Balaban J connectivity index is 1.77. The van der Waals surface area contributed by atoms with Crippen molar-refractivity contribution in [3.8, 4) is 0 Å². The topological polar surface area (TPSA) is 54.2 Å². The van der Waals surface area contributed by atoms with Gasteiger partial charge < -0.3 is 9.67 Å². The van der Waals surface area contributed by atoms with Crippen molar-refractivity contribution in [3.05, 3.63) is 11.6 Å². The summed E-state index contributed by atoms with van der Waals surface area (Å²) in [6, 6.07) is 1.22. The molecule has 3 heterocycles. The molecule has 5 heteroatoms. The number of hydrogen-bond acceptors (Lipinski definition) is 4. The van der Waals surface area contributed by atoms with E-state index < -0.39 is 0 Å². The van der Waals surface area contributed by atoms with Crippen LogP contribution in [0.2, 0.25) is 0 Å². The van der Waals surface area contributed by atoms with Gasteiger partial charge in [0.2, 0.25) is 0 Å². The zero-order valence-corrected chi connectivity index (χ0v) is 12.6. The Labute approximate surface area is 121 Å². The molecule has 1 aromatic heterocycles. The minimum absolute atomic E-state index is 0.190. The molecule has 112 valence electrons. The average molecular weight is 278 g/mol. The Hall–Kier alpha value is -0.940.